The Hall–Kier alpha value is -0.720. The molecule has 1 heteroatoms. The molecule has 0 aromatic heterocycles. The molecule has 0 aliphatic heterocycles. The molecule has 0 bridgehead atoms. The van der Waals surface area contributed by atoms with E-state index in [9.17, 15) is 5.11 Å². The van der Waals surface area contributed by atoms with Crippen molar-refractivity contribution in [1.29, 1.82) is 0 Å². The van der Waals surface area contributed by atoms with E-state index in [4.69, 9.17) is 0 Å². The van der Waals surface area contributed by atoms with Crippen LogP contribution in [-0.2, 0) is 0 Å². The van der Waals surface area contributed by atoms with Crippen LogP contribution in [0.4, 0.5) is 0 Å². The zero-order chi connectivity index (χ0) is 15.0. The third-order valence-corrected chi connectivity index (χ3v) is 4.56. The Labute approximate surface area is 119 Å². The summed E-state index contributed by atoms with van der Waals surface area (Å²) in [6.07, 6.45) is 3.83. The third kappa shape index (κ3) is 3.64. The molecule has 1 rings (SSSR count). The van der Waals surface area contributed by atoms with E-state index in [1.807, 2.05) is 13.0 Å². The minimum absolute atomic E-state index is 0.277. The standard InChI is InChI=1S/C18H32O/c1-9-14(19)10-13-11-15(17(3,4)5)16(12(13)2)18(6,7)8/h10,15-16,19H,9,11H2,1-8H3/b14-10+. The fourth-order valence-corrected chi connectivity index (χ4v) is 3.55. The lowest BCUT2D eigenvalue weighted by Gasteiger charge is -2.40. The molecule has 110 valence electrons. The van der Waals surface area contributed by atoms with Gasteiger partial charge in [-0.15, -0.1) is 0 Å². The molecule has 0 aromatic rings. The zero-order valence-corrected chi connectivity index (χ0v) is 14.1. The summed E-state index contributed by atoms with van der Waals surface area (Å²) in [6, 6.07) is 0. The van der Waals surface area contributed by atoms with Crippen molar-refractivity contribution in [2.24, 2.45) is 22.7 Å². The lowest BCUT2D eigenvalue weighted by Crippen LogP contribution is -2.33. The van der Waals surface area contributed by atoms with Crippen molar-refractivity contribution >= 4 is 0 Å². The normalized spacial score (nSPS) is 26.2. The van der Waals surface area contributed by atoms with Gasteiger partial charge in [0.1, 0.15) is 0 Å². The van der Waals surface area contributed by atoms with Gasteiger partial charge in [-0.1, -0.05) is 54.0 Å². The van der Waals surface area contributed by atoms with Crippen molar-refractivity contribution in [2.75, 3.05) is 0 Å². The van der Waals surface area contributed by atoms with Crippen LogP contribution < -0.4 is 0 Å². The van der Waals surface area contributed by atoms with Crippen molar-refractivity contribution in [3.8, 4) is 0 Å². The quantitative estimate of drug-likeness (QED) is 0.617. The van der Waals surface area contributed by atoms with Gasteiger partial charge in [0.25, 0.3) is 0 Å². The predicted octanol–water partition coefficient (Wildman–Crippen LogP) is 5.88. The topological polar surface area (TPSA) is 20.2 Å². The van der Waals surface area contributed by atoms with Crippen molar-refractivity contribution in [2.45, 2.75) is 68.2 Å². The lowest BCUT2D eigenvalue weighted by molar-refractivity contribution is 0.112. The summed E-state index contributed by atoms with van der Waals surface area (Å²) >= 11 is 0. The first-order valence-electron chi connectivity index (χ1n) is 7.57. The van der Waals surface area contributed by atoms with Crippen LogP contribution >= 0.6 is 0 Å². The molecule has 0 saturated heterocycles. The van der Waals surface area contributed by atoms with E-state index in [0.717, 1.165) is 12.8 Å². The molecule has 1 N–H and O–H groups in total. The molecule has 1 aliphatic carbocycles. The van der Waals surface area contributed by atoms with E-state index in [1.165, 1.54) is 11.1 Å². The molecule has 1 aliphatic rings. The highest BCUT2D eigenvalue weighted by Crippen LogP contribution is 2.53. The highest BCUT2D eigenvalue weighted by atomic mass is 16.3. The van der Waals surface area contributed by atoms with Crippen molar-refractivity contribution in [3.05, 3.63) is 23.0 Å². The van der Waals surface area contributed by atoms with Gasteiger partial charge in [-0.3, -0.25) is 0 Å². The van der Waals surface area contributed by atoms with Gasteiger partial charge in [0.15, 0.2) is 0 Å². The van der Waals surface area contributed by atoms with E-state index >= 15 is 0 Å². The lowest BCUT2D eigenvalue weighted by atomic mass is 9.64. The van der Waals surface area contributed by atoms with Gasteiger partial charge in [-0.25, -0.2) is 0 Å². The molecule has 1 nitrogen and oxygen atoms in total. The van der Waals surface area contributed by atoms with Crippen LogP contribution in [0.5, 0.6) is 0 Å². The second-order valence-electron chi connectivity index (χ2n) is 8.22. The maximum Gasteiger partial charge on any atom is 0.0922 e. The summed E-state index contributed by atoms with van der Waals surface area (Å²) in [5.74, 6) is 1.77. The number of aliphatic hydroxyl groups is 1. The largest absolute Gasteiger partial charge is 0.512 e. The van der Waals surface area contributed by atoms with Crippen molar-refractivity contribution < 1.29 is 5.11 Å². The fourth-order valence-electron chi connectivity index (χ4n) is 3.55. The van der Waals surface area contributed by atoms with E-state index < -0.39 is 0 Å². The molecular weight excluding hydrogens is 232 g/mol. The van der Waals surface area contributed by atoms with Gasteiger partial charge in [-0.2, -0.15) is 0 Å². The van der Waals surface area contributed by atoms with E-state index in [2.05, 4.69) is 48.5 Å². The third-order valence-electron chi connectivity index (χ3n) is 4.56. The van der Waals surface area contributed by atoms with Gasteiger partial charge in [-0.05, 0) is 47.7 Å². The average Bonchev–Trinajstić information content (AvgIpc) is 2.55. The first-order valence-corrected chi connectivity index (χ1v) is 7.57. The minimum Gasteiger partial charge on any atom is -0.512 e. The zero-order valence-electron chi connectivity index (χ0n) is 14.1. The second kappa shape index (κ2) is 5.34. The molecule has 0 heterocycles. The number of hydrogen-bond acceptors (Lipinski definition) is 1. The molecule has 0 spiro atoms. The minimum atomic E-state index is 0.277. The predicted molar refractivity (Wildman–Crippen MR) is 84.2 cm³/mol. The molecule has 0 aromatic carbocycles. The van der Waals surface area contributed by atoms with Gasteiger partial charge in [0.2, 0.25) is 0 Å². The van der Waals surface area contributed by atoms with E-state index in [-0.39, 0.29) is 5.41 Å². The average molecular weight is 264 g/mol. The number of rotatable bonds is 2. The van der Waals surface area contributed by atoms with Crippen LogP contribution in [0, 0.1) is 22.7 Å². The molecular formula is C18H32O. The van der Waals surface area contributed by atoms with Crippen LogP contribution in [0.25, 0.3) is 0 Å². The van der Waals surface area contributed by atoms with Crippen molar-refractivity contribution in [1.82, 2.24) is 0 Å². The highest BCUT2D eigenvalue weighted by Gasteiger charge is 2.44. The summed E-state index contributed by atoms with van der Waals surface area (Å²) in [5, 5.41) is 9.84. The summed E-state index contributed by atoms with van der Waals surface area (Å²) in [5.41, 5.74) is 3.42. The molecule has 19 heavy (non-hydrogen) atoms. The molecule has 0 saturated carbocycles. The number of allylic oxidation sites excluding steroid dienone is 4. The summed E-state index contributed by atoms with van der Waals surface area (Å²) in [7, 11) is 0. The number of aliphatic hydroxyl groups excluding tert-OH is 1. The van der Waals surface area contributed by atoms with E-state index in [1.54, 1.807) is 0 Å². The van der Waals surface area contributed by atoms with Crippen LogP contribution in [0.15, 0.2) is 23.0 Å². The first kappa shape index (κ1) is 16.3. The Morgan fingerprint density at radius 2 is 1.68 bits per heavy atom. The molecule has 2 unspecified atom stereocenters. The Morgan fingerprint density at radius 3 is 2.00 bits per heavy atom. The van der Waals surface area contributed by atoms with Crippen LogP contribution in [0.2, 0.25) is 0 Å². The van der Waals surface area contributed by atoms with Gasteiger partial charge in [0.05, 0.1) is 5.76 Å². The first-order chi connectivity index (χ1) is 8.48. The Bertz CT molecular complexity index is 385. The van der Waals surface area contributed by atoms with Crippen molar-refractivity contribution in [3.63, 3.8) is 0 Å². The van der Waals surface area contributed by atoms with Gasteiger partial charge < -0.3 is 5.11 Å². The van der Waals surface area contributed by atoms with Crippen LogP contribution in [-0.4, -0.2) is 5.11 Å². The van der Waals surface area contributed by atoms with Gasteiger partial charge in [0, 0.05) is 6.42 Å². The van der Waals surface area contributed by atoms with Gasteiger partial charge >= 0.3 is 0 Å². The smallest absolute Gasteiger partial charge is 0.0922 e. The second-order valence-corrected chi connectivity index (χ2v) is 8.22. The molecule has 0 fully saturated rings. The highest BCUT2D eigenvalue weighted by molar-refractivity contribution is 5.35. The SMILES string of the molecule is CC/C(O)=C\C1=C(C)C(C(C)(C)C)C(C(C)(C)C)C1. The molecule has 0 radical (unpaired) electrons. The Morgan fingerprint density at radius 1 is 1.16 bits per heavy atom. The number of hydrogen-bond donors (Lipinski definition) is 1. The fraction of sp³-hybridized carbons (Fsp3) is 0.778. The van der Waals surface area contributed by atoms with E-state index in [0.29, 0.717) is 23.0 Å². The summed E-state index contributed by atoms with van der Waals surface area (Å²) < 4.78 is 0. The van der Waals surface area contributed by atoms with Crippen LogP contribution in [0.3, 0.4) is 0 Å². The maximum atomic E-state index is 9.84. The monoisotopic (exact) mass is 264 g/mol. The molecule has 2 atom stereocenters. The molecule has 0 amide bonds. The summed E-state index contributed by atoms with van der Waals surface area (Å²) in [4.78, 5) is 0. The maximum absolute atomic E-state index is 9.84. The Kier molecular flexibility index (Phi) is 4.59. The van der Waals surface area contributed by atoms with Crippen LogP contribution in [0.1, 0.15) is 68.2 Å². The summed E-state index contributed by atoms with van der Waals surface area (Å²) in [6.45, 7) is 18.3. The Balaban J connectivity index is 3.20.